The maximum atomic E-state index is 12.8. The van der Waals surface area contributed by atoms with Crippen molar-refractivity contribution < 1.29 is 37.0 Å². The number of nitrogens with two attached hydrogens (primary N) is 1. The minimum atomic E-state index is -4.80. The Labute approximate surface area is 197 Å². The number of β-lactam (4-membered cyclic amide) rings is 1. The molecule has 34 heavy (non-hydrogen) atoms. The maximum absolute atomic E-state index is 12.8. The smallest absolute Gasteiger partial charge is 0.362 e. The zero-order valence-electron chi connectivity index (χ0n) is 17.9. The Morgan fingerprint density at radius 2 is 2.06 bits per heavy atom. The predicted octanol–water partition coefficient (Wildman–Crippen LogP) is -2.20. The number of thiazole rings is 1. The van der Waals surface area contributed by atoms with Gasteiger partial charge in [0.05, 0.1) is 12.1 Å². The highest BCUT2D eigenvalue weighted by atomic mass is 32.2. The topological polar surface area (TPSA) is 246 Å². The third-order valence-electron chi connectivity index (χ3n) is 4.32. The van der Waals surface area contributed by atoms with Crippen LogP contribution < -0.4 is 21.9 Å². The lowest BCUT2D eigenvalue weighted by atomic mass is 10.0. The number of nitrogen functional groups attached to an aromatic ring is 1. The summed E-state index contributed by atoms with van der Waals surface area (Å²) in [5.74, 6) is -3.74. The first-order chi connectivity index (χ1) is 15.7. The number of carbonyl (C=O) groups excluding carboxylic acids is 4. The first-order valence-corrected chi connectivity index (χ1v) is 11.5. The Morgan fingerprint density at radius 3 is 2.56 bits per heavy atom. The van der Waals surface area contributed by atoms with Crippen LogP contribution in [0.5, 0.6) is 0 Å². The second-order valence-corrected chi connectivity index (χ2v) is 9.43. The molecule has 2 atom stereocenters. The lowest BCUT2D eigenvalue weighted by Gasteiger charge is -2.42. The molecule has 0 bridgehead atoms. The summed E-state index contributed by atoms with van der Waals surface area (Å²) in [4.78, 5) is 57.6. The fourth-order valence-corrected chi connectivity index (χ4v) is 3.94. The van der Waals surface area contributed by atoms with E-state index in [-0.39, 0.29) is 15.1 Å². The summed E-state index contributed by atoms with van der Waals surface area (Å²) in [6.07, 6.45) is -0.497. The molecule has 1 fully saturated rings. The number of hydrogen-bond donors (Lipinski definition) is 5. The molecule has 1 aromatic rings. The quantitative estimate of drug-likeness (QED) is 0.107. The van der Waals surface area contributed by atoms with E-state index >= 15 is 0 Å². The highest BCUT2D eigenvalue weighted by Crippen LogP contribution is 2.23. The first kappa shape index (κ1) is 26.4. The largest absolute Gasteiger partial charge is 0.379 e. The first-order valence-electron chi connectivity index (χ1n) is 9.24. The van der Waals surface area contributed by atoms with Gasteiger partial charge in [-0.25, -0.2) is 9.29 Å². The number of carbonyl (C=O) groups is 4. The van der Waals surface area contributed by atoms with E-state index in [2.05, 4.69) is 15.5 Å². The molecule has 4 amide bonds. The molecule has 0 radical (unpaired) electrons. The number of nitrogens with one attached hydrogen (secondary N) is 3. The van der Waals surface area contributed by atoms with Crippen molar-refractivity contribution in [1.82, 2.24) is 25.5 Å². The summed E-state index contributed by atoms with van der Waals surface area (Å²) in [7, 11) is -4.80. The van der Waals surface area contributed by atoms with E-state index in [1.165, 1.54) is 26.2 Å². The van der Waals surface area contributed by atoms with Crippen LogP contribution in [0.3, 0.4) is 0 Å². The lowest BCUT2D eigenvalue weighted by molar-refractivity contribution is -0.145. The summed E-state index contributed by atoms with van der Waals surface area (Å²) < 4.78 is 31.7. The fraction of sp³-hybridized carbons (Fsp3) is 0.438. The van der Waals surface area contributed by atoms with Crippen molar-refractivity contribution in [1.29, 1.82) is 5.26 Å². The zero-order valence-corrected chi connectivity index (χ0v) is 19.6. The Morgan fingerprint density at radius 1 is 1.41 bits per heavy atom. The van der Waals surface area contributed by atoms with Gasteiger partial charge in [-0.15, -0.1) is 11.3 Å². The molecule has 184 valence electrons. The summed E-state index contributed by atoms with van der Waals surface area (Å²) in [6.45, 7) is 3.80. The average molecular weight is 517 g/mol. The van der Waals surface area contributed by atoms with E-state index in [1.54, 1.807) is 6.07 Å². The third kappa shape index (κ3) is 5.94. The van der Waals surface area contributed by atoms with Gasteiger partial charge in [0, 0.05) is 5.38 Å². The molecule has 18 heteroatoms. The summed E-state index contributed by atoms with van der Waals surface area (Å²) >= 11 is 0.959. The molecule has 2 rings (SSSR count). The van der Waals surface area contributed by atoms with Crippen LogP contribution in [0.25, 0.3) is 0 Å². The molecule has 1 aromatic heterocycles. The number of nitriles is 1. The summed E-state index contributed by atoms with van der Waals surface area (Å²) in [5.41, 5.74) is 7.32. The minimum Gasteiger partial charge on any atom is -0.379 e. The normalized spacial score (nSPS) is 18.4. The van der Waals surface area contributed by atoms with Crippen molar-refractivity contribution in [2.75, 3.05) is 5.73 Å². The molecule has 0 aliphatic carbocycles. The van der Waals surface area contributed by atoms with Gasteiger partial charge in [0.15, 0.2) is 10.8 Å². The van der Waals surface area contributed by atoms with Crippen LogP contribution in [0.1, 0.15) is 32.9 Å². The van der Waals surface area contributed by atoms with Crippen molar-refractivity contribution in [2.45, 2.75) is 44.9 Å². The molecule has 16 nitrogen and oxygen atoms in total. The Hall–Kier alpha value is -3.82. The van der Waals surface area contributed by atoms with Gasteiger partial charge in [-0.2, -0.15) is 13.7 Å². The molecule has 1 aliphatic heterocycles. The SMILES string of the molecule is C[C@H]1[C@H](NC(=O)/C(=N\OC(C)(C)C(=O)NNC(=O)CC#N)c2csc(N)n2)C(=O)N1S(=O)(=O)O. The van der Waals surface area contributed by atoms with Crippen molar-refractivity contribution >= 4 is 56.1 Å². The molecule has 2 heterocycles. The Balaban J connectivity index is 2.19. The number of amides is 4. The zero-order chi connectivity index (χ0) is 25.8. The van der Waals surface area contributed by atoms with Crippen molar-refractivity contribution in [3.63, 3.8) is 0 Å². The molecular weight excluding hydrogens is 496 g/mol. The molecule has 1 aliphatic rings. The highest BCUT2D eigenvalue weighted by molar-refractivity contribution is 7.84. The van der Waals surface area contributed by atoms with Gasteiger partial charge in [-0.05, 0) is 20.8 Å². The van der Waals surface area contributed by atoms with Crippen LogP contribution in [0.15, 0.2) is 10.5 Å². The number of hydrazine groups is 1. The number of nitrogens with zero attached hydrogens (tertiary/aromatic N) is 4. The van der Waals surface area contributed by atoms with Crippen LogP contribution in [0.2, 0.25) is 0 Å². The van der Waals surface area contributed by atoms with E-state index in [9.17, 15) is 27.6 Å². The second kappa shape index (κ2) is 9.98. The molecule has 1 saturated heterocycles. The lowest BCUT2D eigenvalue weighted by Crippen LogP contribution is -2.71. The van der Waals surface area contributed by atoms with Gasteiger partial charge < -0.3 is 15.9 Å². The summed E-state index contributed by atoms with van der Waals surface area (Å²) in [5, 5.41) is 15.8. The van der Waals surface area contributed by atoms with Gasteiger partial charge >= 0.3 is 10.3 Å². The Bertz CT molecular complexity index is 1190. The summed E-state index contributed by atoms with van der Waals surface area (Å²) in [6, 6.07) is -0.799. The van der Waals surface area contributed by atoms with Crippen molar-refractivity contribution in [2.24, 2.45) is 5.16 Å². The maximum Gasteiger partial charge on any atom is 0.362 e. The van der Waals surface area contributed by atoms with Gasteiger partial charge in [-0.3, -0.25) is 34.6 Å². The number of hydrogen-bond acceptors (Lipinski definition) is 12. The van der Waals surface area contributed by atoms with Gasteiger partial charge in [0.2, 0.25) is 5.60 Å². The fourth-order valence-electron chi connectivity index (χ4n) is 2.51. The third-order valence-corrected chi connectivity index (χ3v) is 6.00. The number of anilines is 1. The molecule has 0 aromatic carbocycles. The molecule has 0 unspecified atom stereocenters. The van der Waals surface area contributed by atoms with E-state index in [0.29, 0.717) is 0 Å². The van der Waals surface area contributed by atoms with Crippen molar-refractivity contribution in [3.8, 4) is 6.07 Å². The van der Waals surface area contributed by atoms with Gasteiger partial charge in [-0.1, -0.05) is 5.16 Å². The van der Waals surface area contributed by atoms with E-state index in [0.717, 1.165) is 11.3 Å². The molecule has 6 N–H and O–H groups in total. The number of aromatic nitrogens is 1. The second-order valence-electron chi connectivity index (χ2n) is 7.25. The van der Waals surface area contributed by atoms with Crippen LogP contribution in [0, 0.1) is 11.3 Å². The Kier molecular flexibility index (Phi) is 7.76. The van der Waals surface area contributed by atoms with E-state index in [4.69, 9.17) is 20.4 Å². The van der Waals surface area contributed by atoms with Crippen molar-refractivity contribution in [3.05, 3.63) is 11.1 Å². The van der Waals surface area contributed by atoms with E-state index < -0.39 is 63.8 Å². The van der Waals surface area contributed by atoms with Crippen LogP contribution in [0.4, 0.5) is 5.13 Å². The minimum absolute atomic E-state index is 0.0652. The van der Waals surface area contributed by atoms with E-state index in [1.807, 2.05) is 10.9 Å². The van der Waals surface area contributed by atoms with Crippen LogP contribution in [-0.2, 0) is 34.3 Å². The molecule has 0 saturated carbocycles. The monoisotopic (exact) mass is 516 g/mol. The number of oxime groups is 1. The van der Waals surface area contributed by atoms with Gasteiger partial charge in [0.25, 0.3) is 23.6 Å². The van der Waals surface area contributed by atoms with Crippen LogP contribution in [-0.4, -0.2) is 69.3 Å². The molecule has 0 spiro atoms. The van der Waals surface area contributed by atoms with Crippen LogP contribution >= 0.6 is 11.3 Å². The number of rotatable bonds is 8. The standard InChI is InChI=1S/C16H20N8O8S2/c1-7-10(13(27)24(7)34(29,30)31)20-12(26)11(8-6-33-15(18)19-8)23-32-16(2,3)14(28)22-21-9(25)4-5-17/h6-7,10H,4H2,1-3H3,(H2,18,19)(H,20,26)(H,21,25)(H,22,28)(H,29,30,31)/b23-11-/t7-,10-/m0/s1. The predicted molar refractivity (Wildman–Crippen MR) is 115 cm³/mol. The van der Waals surface area contributed by atoms with Gasteiger partial charge in [0.1, 0.15) is 18.2 Å². The highest BCUT2D eigenvalue weighted by Gasteiger charge is 2.51. The average Bonchev–Trinajstić information content (AvgIpc) is 3.15. The molecular formula is C16H20N8O8S2.